The summed E-state index contributed by atoms with van der Waals surface area (Å²) in [7, 11) is 3.39. The highest BCUT2D eigenvalue weighted by Gasteiger charge is 2.37. The maximum Gasteiger partial charge on any atom is 0.337 e. The Kier molecular flexibility index (Phi) is 2.49. The maximum absolute atomic E-state index is 11.5. The van der Waals surface area contributed by atoms with Crippen LogP contribution in [0.2, 0.25) is 0 Å². The summed E-state index contributed by atoms with van der Waals surface area (Å²) < 4.78 is 4.74. The van der Waals surface area contributed by atoms with E-state index >= 15 is 0 Å². The zero-order valence-corrected chi connectivity index (χ0v) is 10.7. The molecule has 1 heterocycles. The second kappa shape index (κ2) is 3.62. The molecule has 3 heteroatoms. The number of rotatable bonds is 1. The summed E-state index contributed by atoms with van der Waals surface area (Å²) in [5.74, 6) is -0.302. The number of hydrogen-bond donors (Lipinski definition) is 0. The van der Waals surface area contributed by atoms with E-state index < -0.39 is 0 Å². The molecule has 1 aromatic carbocycles. The third kappa shape index (κ3) is 1.54. The number of ether oxygens (including phenoxy) is 1. The molecule has 1 aromatic rings. The van der Waals surface area contributed by atoms with Crippen LogP contribution in [0.3, 0.4) is 0 Å². The van der Waals surface area contributed by atoms with Crippen LogP contribution in [-0.2, 0) is 10.2 Å². The molecular weight excluding hydrogens is 214 g/mol. The molecule has 3 nitrogen and oxygen atoms in total. The molecule has 0 N–H and O–H groups in total. The van der Waals surface area contributed by atoms with E-state index in [0.29, 0.717) is 5.56 Å². The third-order valence-electron chi connectivity index (χ3n) is 3.58. The van der Waals surface area contributed by atoms with Gasteiger partial charge in [-0.1, -0.05) is 20.4 Å². The van der Waals surface area contributed by atoms with Gasteiger partial charge in [-0.15, -0.1) is 0 Å². The van der Waals surface area contributed by atoms with Crippen LogP contribution >= 0.6 is 0 Å². The van der Waals surface area contributed by atoms with Crippen molar-refractivity contribution in [1.82, 2.24) is 0 Å². The monoisotopic (exact) mass is 231 g/mol. The summed E-state index contributed by atoms with van der Waals surface area (Å²) >= 11 is 0. The average molecular weight is 231 g/mol. The Labute approximate surface area is 102 Å². The molecule has 0 saturated heterocycles. The molecule has 0 atom stereocenters. The van der Waals surface area contributed by atoms with E-state index in [2.05, 4.69) is 25.3 Å². The van der Waals surface area contributed by atoms with Gasteiger partial charge in [-0.05, 0) is 23.8 Å². The fourth-order valence-electron chi connectivity index (χ4n) is 2.29. The van der Waals surface area contributed by atoms with Crippen LogP contribution in [0.25, 0.3) is 0 Å². The second-order valence-corrected chi connectivity index (χ2v) is 4.85. The lowest BCUT2D eigenvalue weighted by molar-refractivity contribution is 0.0600. The van der Waals surface area contributed by atoms with E-state index in [1.807, 2.05) is 19.2 Å². The topological polar surface area (TPSA) is 29.5 Å². The minimum atomic E-state index is -0.302. The molecule has 1 aliphatic rings. The molecule has 0 unspecified atom stereocenters. The Balaban J connectivity index is 2.58. The van der Waals surface area contributed by atoms with E-state index in [0.717, 1.165) is 16.9 Å². The van der Waals surface area contributed by atoms with Crippen LogP contribution < -0.4 is 4.90 Å². The van der Waals surface area contributed by atoms with Gasteiger partial charge in [-0.3, -0.25) is 0 Å². The predicted octanol–water partition coefficient (Wildman–Crippen LogP) is 2.71. The first-order chi connectivity index (χ1) is 7.89. The van der Waals surface area contributed by atoms with Crippen molar-refractivity contribution in [3.05, 3.63) is 41.6 Å². The number of nitrogens with zero attached hydrogens (tertiary/aromatic N) is 1. The number of methoxy groups -OCH3 is 1. The molecule has 0 radical (unpaired) electrons. The number of fused-ring (bicyclic) bond motifs is 1. The molecule has 17 heavy (non-hydrogen) atoms. The quantitative estimate of drug-likeness (QED) is 0.696. The van der Waals surface area contributed by atoms with Crippen molar-refractivity contribution >= 4 is 11.7 Å². The molecule has 0 amide bonds. The fraction of sp³-hybridized carbons (Fsp3) is 0.357. The summed E-state index contributed by atoms with van der Waals surface area (Å²) in [6.45, 7) is 8.33. The largest absolute Gasteiger partial charge is 0.465 e. The number of carbonyl (C=O) groups excluding carboxylic acids is 1. The molecule has 0 fully saturated rings. The van der Waals surface area contributed by atoms with Crippen LogP contribution in [-0.4, -0.2) is 20.1 Å². The van der Waals surface area contributed by atoms with Crippen molar-refractivity contribution in [2.75, 3.05) is 19.1 Å². The second-order valence-electron chi connectivity index (χ2n) is 4.85. The van der Waals surface area contributed by atoms with E-state index in [4.69, 9.17) is 4.74 Å². The Bertz CT molecular complexity index is 503. The Morgan fingerprint density at radius 2 is 2.06 bits per heavy atom. The number of anilines is 1. The molecule has 1 aliphatic heterocycles. The van der Waals surface area contributed by atoms with Crippen molar-refractivity contribution in [3.8, 4) is 0 Å². The van der Waals surface area contributed by atoms with Crippen LogP contribution in [0, 0.1) is 0 Å². The van der Waals surface area contributed by atoms with Gasteiger partial charge >= 0.3 is 5.97 Å². The van der Waals surface area contributed by atoms with Crippen molar-refractivity contribution < 1.29 is 9.53 Å². The lowest BCUT2D eigenvalue weighted by Gasteiger charge is -2.22. The van der Waals surface area contributed by atoms with Crippen molar-refractivity contribution in [3.63, 3.8) is 0 Å². The minimum Gasteiger partial charge on any atom is -0.465 e. The molecule has 0 aromatic heterocycles. The fourth-order valence-corrected chi connectivity index (χ4v) is 2.29. The first-order valence-electron chi connectivity index (χ1n) is 5.55. The Morgan fingerprint density at radius 3 is 2.65 bits per heavy atom. The van der Waals surface area contributed by atoms with Gasteiger partial charge in [0.25, 0.3) is 0 Å². The van der Waals surface area contributed by atoms with Crippen LogP contribution in [0.4, 0.5) is 5.69 Å². The van der Waals surface area contributed by atoms with E-state index in [1.165, 1.54) is 7.11 Å². The maximum atomic E-state index is 11.5. The standard InChI is InChI=1S/C14H17NO2/c1-9-14(2,3)11-8-10(13(16)17-5)6-7-12(11)15(9)4/h6-8H,1H2,2-5H3. The number of carbonyl (C=O) groups is 1. The summed E-state index contributed by atoms with van der Waals surface area (Å²) in [6, 6.07) is 5.63. The van der Waals surface area contributed by atoms with Crippen molar-refractivity contribution in [2.45, 2.75) is 19.3 Å². The van der Waals surface area contributed by atoms with Gasteiger partial charge in [0.05, 0.1) is 12.7 Å². The van der Waals surface area contributed by atoms with Gasteiger partial charge < -0.3 is 9.64 Å². The predicted molar refractivity (Wildman–Crippen MR) is 68.4 cm³/mol. The first-order valence-corrected chi connectivity index (χ1v) is 5.55. The summed E-state index contributed by atoms with van der Waals surface area (Å²) in [5.41, 5.74) is 3.70. The summed E-state index contributed by atoms with van der Waals surface area (Å²) in [5, 5.41) is 0. The molecule has 0 spiro atoms. The van der Waals surface area contributed by atoms with Crippen molar-refractivity contribution in [2.24, 2.45) is 0 Å². The highest BCUT2D eigenvalue weighted by molar-refractivity contribution is 5.91. The zero-order chi connectivity index (χ0) is 12.8. The molecule has 2 rings (SSSR count). The van der Waals surface area contributed by atoms with Gasteiger partial charge in [0.1, 0.15) is 0 Å². The lowest BCUT2D eigenvalue weighted by Crippen LogP contribution is -2.21. The number of esters is 1. The normalized spacial score (nSPS) is 16.9. The number of allylic oxidation sites excluding steroid dienone is 1. The summed E-state index contributed by atoms with van der Waals surface area (Å²) in [4.78, 5) is 13.6. The Morgan fingerprint density at radius 1 is 1.41 bits per heavy atom. The van der Waals surface area contributed by atoms with Gasteiger partial charge in [0, 0.05) is 23.8 Å². The molecular formula is C14H17NO2. The molecule has 0 saturated carbocycles. The number of hydrogen-bond acceptors (Lipinski definition) is 3. The smallest absolute Gasteiger partial charge is 0.337 e. The molecule has 90 valence electrons. The first kappa shape index (κ1) is 11.7. The average Bonchev–Trinajstić information content (AvgIpc) is 2.50. The van der Waals surface area contributed by atoms with E-state index in [-0.39, 0.29) is 11.4 Å². The molecule has 0 aliphatic carbocycles. The highest BCUT2D eigenvalue weighted by Crippen LogP contribution is 2.46. The van der Waals surface area contributed by atoms with Gasteiger partial charge in [0.15, 0.2) is 0 Å². The van der Waals surface area contributed by atoms with Crippen LogP contribution in [0.1, 0.15) is 29.8 Å². The number of likely N-dealkylation sites (N-methyl/N-ethyl adjacent to an activating group) is 1. The Hall–Kier alpha value is -1.77. The highest BCUT2D eigenvalue weighted by atomic mass is 16.5. The zero-order valence-electron chi connectivity index (χ0n) is 10.7. The van der Waals surface area contributed by atoms with Gasteiger partial charge in [-0.25, -0.2) is 4.79 Å². The van der Waals surface area contributed by atoms with E-state index in [9.17, 15) is 4.79 Å². The van der Waals surface area contributed by atoms with Crippen LogP contribution in [0.5, 0.6) is 0 Å². The molecule has 0 bridgehead atoms. The van der Waals surface area contributed by atoms with Crippen molar-refractivity contribution in [1.29, 1.82) is 0 Å². The van der Waals surface area contributed by atoms with Gasteiger partial charge in [-0.2, -0.15) is 0 Å². The van der Waals surface area contributed by atoms with Crippen LogP contribution in [0.15, 0.2) is 30.5 Å². The van der Waals surface area contributed by atoms with E-state index in [1.54, 1.807) is 6.07 Å². The lowest BCUT2D eigenvalue weighted by atomic mass is 9.84. The van der Waals surface area contributed by atoms with Gasteiger partial charge in [0.2, 0.25) is 0 Å². The third-order valence-corrected chi connectivity index (χ3v) is 3.58. The minimum absolute atomic E-state index is 0.145. The number of benzene rings is 1. The summed E-state index contributed by atoms with van der Waals surface area (Å²) in [6.07, 6.45) is 0. The SMILES string of the molecule is C=C1N(C)c2ccc(C(=O)OC)cc2C1(C)C.